The Morgan fingerprint density at radius 2 is 1.96 bits per heavy atom. The van der Waals surface area contributed by atoms with Gasteiger partial charge < -0.3 is 15.2 Å². The lowest BCUT2D eigenvalue weighted by Gasteiger charge is -2.51. The number of carboxylic acid groups (broad SMARTS) is 1. The second kappa shape index (κ2) is 7.63. The molecule has 0 spiro atoms. The minimum atomic E-state index is -1.39. The third-order valence-corrected chi connectivity index (χ3v) is 6.02. The first-order valence-electron chi connectivity index (χ1n) is 8.62. The van der Waals surface area contributed by atoms with Crippen LogP contribution in [-0.4, -0.2) is 44.8 Å². The number of hydrogen-bond acceptors (Lipinski definition) is 7. The van der Waals surface area contributed by atoms with Crippen molar-refractivity contribution in [2.24, 2.45) is 5.92 Å². The first kappa shape index (κ1) is 19.9. The van der Waals surface area contributed by atoms with Crippen molar-refractivity contribution < 1.29 is 24.4 Å². The molecule has 1 aromatic carbocycles. The molecule has 10 heteroatoms. The van der Waals surface area contributed by atoms with Crippen LogP contribution in [0.5, 0.6) is 0 Å². The van der Waals surface area contributed by atoms with Crippen molar-refractivity contribution in [3.05, 3.63) is 51.2 Å². The molecule has 0 saturated carbocycles. The molecule has 1 saturated heterocycles. The van der Waals surface area contributed by atoms with E-state index in [1.54, 1.807) is 0 Å². The third kappa shape index (κ3) is 3.59. The van der Waals surface area contributed by atoms with E-state index in [-0.39, 0.29) is 23.7 Å². The van der Waals surface area contributed by atoms with Crippen LogP contribution in [0.15, 0.2) is 35.5 Å². The highest BCUT2D eigenvalue weighted by atomic mass is 32.2. The van der Waals surface area contributed by atoms with E-state index >= 15 is 0 Å². The maximum absolute atomic E-state index is 12.5. The van der Waals surface area contributed by atoms with E-state index in [1.165, 1.54) is 40.9 Å². The van der Waals surface area contributed by atoms with Crippen LogP contribution in [0, 0.1) is 16.0 Å². The predicted molar refractivity (Wildman–Crippen MR) is 98.7 cm³/mol. The van der Waals surface area contributed by atoms with E-state index in [2.05, 4.69) is 5.32 Å². The predicted octanol–water partition coefficient (Wildman–Crippen LogP) is 0.197. The Morgan fingerprint density at radius 3 is 2.50 bits per heavy atom. The number of non-ortho nitro benzene ring substituents is 1. The number of fused-ring (bicyclic) bond motifs is 1. The Kier molecular flexibility index (Phi) is 5.41. The smallest absolute Gasteiger partial charge is 0.269 e. The lowest BCUT2D eigenvalue weighted by atomic mass is 9.97. The summed E-state index contributed by atoms with van der Waals surface area (Å²) < 4.78 is 0. The number of aliphatic carboxylic acids is 1. The molecule has 3 rings (SSSR count). The summed E-state index contributed by atoms with van der Waals surface area (Å²) in [5.74, 6) is -1.87. The van der Waals surface area contributed by atoms with Gasteiger partial charge in [0.25, 0.3) is 11.6 Å². The fourth-order valence-corrected chi connectivity index (χ4v) is 4.77. The molecule has 0 aromatic heterocycles. The molecule has 1 N–H and O–H groups in total. The fourth-order valence-electron chi connectivity index (χ4n) is 3.22. The van der Waals surface area contributed by atoms with E-state index in [1.807, 2.05) is 13.8 Å². The van der Waals surface area contributed by atoms with Crippen molar-refractivity contribution in [3.63, 3.8) is 0 Å². The van der Waals surface area contributed by atoms with Gasteiger partial charge in [-0.1, -0.05) is 26.0 Å². The van der Waals surface area contributed by atoms with E-state index in [0.29, 0.717) is 16.9 Å². The van der Waals surface area contributed by atoms with Gasteiger partial charge in [0.2, 0.25) is 5.91 Å². The number of thioether (sulfide) groups is 1. The molecule has 2 aliphatic heterocycles. The van der Waals surface area contributed by atoms with Gasteiger partial charge in [0.05, 0.1) is 23.0 Å². The topological polar surface area (TPSA) is 133 Å². The number of nitro groups is 1. The first-order valence-corrected chi connectivity index (χ1v) is 9.67. The van der Waals surface area contributed by atoms with Gasteiger partial charge in [0.1, 0.15) is 11.4 Å². The highest BCUT2D eigenvalue weighted by Gasteiger charge is 2.52. The maximum atomic E-state index is 12.5. The van der Waals surface area contributed by atoms with E-state index in [9.17, 15) is 29.6 Å². The summed E-state index contributed by atoms with van der Waals surface area (Å²) in [4.78, 5) is 47.6. The largest absolute Gasteiger partial charge is 0.543 e. The van der Waals surface area contributed by atoms with Crippen LogP contribution >= 0.6 is 11.8 Å². The molecule has 0 aliphatic carbocycles. The monoisotopic (exact) mass is 404 g/mol. The molecule has 1 aromatic rings. The number of nitrogens with one attached hydrogen (secondary N) is 1. The zero-order valence-corrected chi connectivity index (χ0v) is 16.0. The highest BCUT2D eigenvalue weighted by Crippen LogP contribution is 2.41. The first-order chi connectivity index (χ1) is 13.2. The molecule has 2 amide bonds. The van der Waals surface area contributed by atoms with Gasteiger partial charge in [-0.05, 0) is 17.1 Å². The van der Waals surface area contributed by atoms with Crippen molar-refractivity contribution in [1.29, 1.82) is 0 Å². The number of amides is 2. The number of nitrogens with zero attached hydrogens (tertiary/aromatic N) is 2. The zero-order valence-electron chi connectivity index (χ0n) is 15.2. The van der Waals surface area contributed by atoms with Crippen molar-refractivity contribution in [2.75, 3.05) is 5.75 Å². The summed E-state index contributed by atoms with van der Waals surface area (Å²) in [7, 11) is 0. The summed E-state index contributed by atoms with van der Waals surface area (Å²) in [6.45, 7) is 3.71. The minimum Gasteiger partial charge on any atom is -0.543 e. The molecule has 2 aliphatic rings. The molecule has 0 bridgehead atoms. The Bertz CT molecular complexity index is 880. The second-order valence-corrected chi connectivity index (χ2v) is 7.98. The molecule has 0 radical (unpaired) electrons. The van der Waals surface area contributed by atoms with Crippen LogP contribution in [0.2, 0.25) is 0 Å². The number of hydrogen-bond donors (Lipinski definition) is 1. The summed E-state index contributed by atoms with van der Waals surface area (Å²) in [6.07, 6.45) is -0.0421. The Labute approximate surface area is 164 Å². The number of benzene rings is 1. The summed E-state index contributed by atoms with van der Waals surface area (Å²) in [6, 6.07) is 4.76. The summed E-state index contributed by atoms with van der Waals surface area (Å²) in [5, 5.41) is 24.4. The number of rotatable bonds is 6. The Morgan fingerprint density at radius 1 is 1.32 bits per heavy atom. The standard InChI is InChI=1S/C18H19N3O6S/c1-9(2)12-8-28-17-14(16(23)20(17)15(12)18(24)25)19-13(22)7-10-3-5-11(6-4-10)21(26)27/h3-6,9,14,17H,7-8H2,1-2H3,(H,19,22)(H,24,25)/p-1/t14-,17+/m0/s1. The quantitative estimate of drug-likeness (QED) is 0.407. The summed E-state index contributed by atoms with van der Waals surface area (Å²) >= 11 is 1.40. The lowest BCUT2D eigenvalue weighted by molar-refractivity contribution is -0.384. The summed E-state index contributed by atoms with van der Waals surface area (Å²) in [5.41, 5.74) is 1.05. The molecule has 2 heterocycles. The SMILES string of the molecule is CC(C)C1=C(C(=O)[O-])N2C(=O)[C@H](NC(=O)Cc3ccc([N+](=O)[O-])cc3)[C@H]2SC1. The zero-order chi connectivity index (χ0) is 20.6. The molecule has 148 valence electrons. The van der Waals surface area contributed by atoms with Gasteiger partial charge in [-0.15, -0.1) is 11.8 Å². The van der Waals surface area contributed by atoms with Crippen LogP contribution in [0.4, 0.5) is 5.69 Å². The van der Waals surface area contributed by atoms with E-state index in [4.69, 9.17) is 0 Å². The molecule has 0 unspecified atom stereocenters. The van der Waals surface area contributed by atoms with Crippen molar-refractivity contribution in [1.82, 2.24) is 10.2 Å². The molecule has 9 nitrogen and oxygen atoms in total. The van der Waals surface area contributed by atoms with Crippen LogP contribution in [-0.2, 0) is 20.8 Å². The number of nitro benzene ring substituents is 1. The third-order valence-electron chi connectivity index (χ3n) is 4.72. The number of carbonyl (C=O) groups is 3. The molecular formula is C18H18N3O6S-. The van der Waals surface area contributed by atoms with Gasteiger partial charge in [0, 0.05) is 17.9 Å². The molecule has 28 heavy (non-hydrogen) atoms. The van der Waals surface area contributed by atoms with Crippen LogP contribution in [0.1, 0.15) is 19.4 Å². The number of carboxylic acids is 1. The van der Waals surface area contributed by atoms with Gasteiger partial charge in [0.15, 0.2) is 0 Å². The highest BCUT2D eigenvalue weighted by molar-refractivity contribution is 8.00. The molecule has 2 atom stereocenters. The minimum absolute atomic E-state index is 0.0371. The van der Waals surface area contributed by atoms with Crippen molar-refractivity contribution in [3.8, 4) is 0 Å². The van der Waals surface area contributed by atoms with Gasteiger partial charge in [-0.25, -0.2) is 0 Å². The average molecular weight is 404 g/mol. The lowest BCUT2D eigenvalue weighted by Crippen LogP contribution is -2.71. The average Bonchev–Trinajstić information content (AvgIpc) is 2.64. The van der Waals surface area contributed by atoms with Crippen LogP contribution in [0.3, 0.4) is 0 Å². The van der Waals surface area contributed by atoms with Crippen LogP contribution in [0.25, 0.3) is 0 Å². The van der Waals surface area contributed by atoms with Crippen molar-refractivity contribution >= 4 is 35.2 Å². The van der Waals surface area contributed by atoms with Crippen LogP contribution < -0.4 is 10.4 Å². The molecule has 1 fully saturated rings. The Hall–Kier alpha value is -2.88. The second-order valence-electron chi connectivity index (χ2n) is 6.87. The maximum Gasteiger partial charge on any atom is 0.269 e. The van der Waals surface area contributed by atoms with Gasteiger partial charge in [-0.2, -0.15) is 0 Å². The Balaban J connectivity index is 1.67. The normalized spacial score (nSPS) is 21.2. The molecular weight excluding hydrogens is 386 g/mol. The van der Waals surface area contributed by atoms with Crippen molar-refractivity contribution in [2.45, 2.75) is 31.7 Å². The number of carbonyl (C=O) groups excluding carboxylic acids is 3. The van der Waals surface area contributed by atoms with Gasteiger partial charge >= 0.3 is 0 Å². The number of β-lactam (4-membered cyclic amide) rings is 1. The van der Waals surface area contributed by atoms with E-state index in [0.717, 1.165) is 0 Å². The van der Waals surface area contributed by atoms with E-state index < -0.39 is 34.1 Å². The van der Waals surface area contributed by atoms with Gasteiger partial charge in [-0.3, -0.25) is 24.6 Å². The fraction of sp³-hybridized carbons (Fsp3) is 0.389.